The lowest BCUT2D eigenvalue weighted by molar-refractivity contribution is 0.488. The summed E-state index contributed by atoms with van der Waals surface area (Å²) in [6.45, 7) is 3.98. The summed E-state index contributed by atoms with van der Waals surface area (Å²) >= 11 is 0. The number of aryl methyl sites for hydroxylation is 2. The van der Waals surface area contributed by atoms with Crippen LogP contribution in [0.1, 0.15) is 28.8 Å². The molecule has 4 nitrogen and oxygen atoms in total. The van der Waals surface area contributed by atoms with Gasteiger partial charge in [0.2, 0.25) is 0 Å². The molecule has 0 aliphatic carbocycles. The SMILES string of the molecule is Cc1nn(C)c(C)c1C(N)c1ccco1. The van der Waals surface area contributed by atoms with Crippen LogP contribution in [0, 0.1) is 13.8 Å². The van der Waals surface area contributed by atoms with Gasteiger partial charge >= 0.3 is 0 Å². The fourth-order valence-corrected chi connectivity index (χ4v) is 1.85. The molecule has 2 aromatic heterocycles. The van der Waals surface area contributed by atoms with Gasteiger partial charge in [0.25, 0.3) is 0 Å². The van der Waals surface area contributed by atoms with Crippen LogP contribution in [0.5, 0.6) is 0 Å². The van der Waals surface area contributed by atoms with Crippen molar-refractivity contribution in [2.45, 2.75) is 19.9 Å². The molecule has 2 aromatic rings. The molecule has 2 N–H and O–H groups in total. The van der Waals surface area contributed by atoms with Crippen molar-refractivity contribution in [1.29, 1.82) is 0 Å². The van der Waals surface area contributed by atoms with Crippen LogP contribution in [-0.4, -0.2) is 9.78 Å². The van der Waals surface area contributed by atoms with Gasteiger partial charge in [-0.15, -0.1) is 0 Å². The third-order valence-corrected chi connectivity index (χ3v) is 2.73. The molecule has 0 bridgehead atoms. The molecule has 1 atom stereocenters. The Morgan fingerprint density at radius 3 is 2.67 bits per heavy atom. The number of furan rings is 1. The van der Waals surface area contributed by atoms with E-state index in [1.807, 2.05) is 37.7 Å². The van der Waals surface area contributed by atoms with Gasteiger partial charge in [-0.3, -0.25) is 4.68 Å². The lowest BCUT2D eigenvalue weighted by Gasteiger charge is -2.09. The summed E-state index contributed by atoms with van der Waals surface area (Å²) < 4.78 is 7.15. The van der Waals surface area contributed by atoms with Gasteiger partial charge in [-0.05, 0) is 26.0 Å². The van der Waals surface area contributed by atoms with Crippen LogP contribution in [0.4, 0.5) is 0 Å². The molecule has 0 fully saturated rings. The van der Waals surface area contributed by atoms with Crippen LogP contribution in [0.2, 0.25) is 0 Å². The molecule has 0 aliphatic rings. The molecule has 15 heavy (non-hydrogen) atoms. The summed E-state index contributed by atoms with van der Waals surface area (Å²) in [5.74, 6) is 0.772. The Kier molecular flexibility index (Phi) is 2.36. The molecule has 0 radical (unpaired) electrons. The van der Waals surface area contributed by atoms with Crippen molar-refractivity contribution in [2.24, 2.45) is 12.8 Å². The second-order valence-corrected chi connectivity index (χ2v) is 3.70. The number of nitrogens with two attached hydrogens (primary N) is 1. The van der Waals surface area contributed by atoms with Crippen molar-refractivity contribution in [2.75, 3.05) is 0 Å². The van der Waals surface area contributed by atoms with E-state index in [1.165, 1.54) is 0 Å². The Balaban J connectivity index is 2.46. The smallest absolute Gasteiger partial charge is 0.125 e. The van der Waals surface area contributed by atoms with Crippen LogP contribution >= 0.6 is 0 Å². The Morgan fingerprint density at radius 2 is 2.20 bits per heavy atom. The normalized spacial score (nSPS) is 13.1. The highest BCUT2D eigenvalue weighted by Crippen LogP contribution is 2.25. The molecule has 2 rings (SSSR count). The predicted octanol–water partition coefficient (Wildman–Crippen LogP) is 1.68. The molecule has 0 saturated carbocycles. The molecule has 0 amide bonds. The molecule has 0 aromatic carbocycles. The summed E-state index contributed by atoms with van der Waals surface area (Å²) in [7, 11) is 1.92. The lowest BCUT2D eigenvalue weighted by Crippen LogP contribution is -2.13. The minimum Gasteiger partial charge on any atom is -0.467 e. The number of hydrogen-bond donors (Lipinski definition) is 1. The van der Waals surface area contributed by atoms with Crippen LogP contribution in [0.3, 0.4) is 0 Å². The van der Waals surface area contributed by atoms with Crippen LogP contribution < -0.4 is 5.73 Å². The van der Waals surface area contributed by atoms with Crippen molar-refractivity contribution < 1.29 is 4.42 Å². The maximum Gasteiger partial charge on any atom is 0.125 e. The second kappa shape index (κ2) is 3.55. The molecule has 2 heterocycles. The highest BCUT2D eigenvalue weighted by molar-refractivity contribution is 5.33. The highest BCUT2D eigenvalue weighted by Gasteiger charge is 2.19. The van der Waals surface area contributed by atoms with E-state index < -0.39 is 0 Å². The summed E-state index contributed by atoms with van der Waals surface area (Å²) in [6.07, 6.45) is 1.64. The zero-order chi connectivity index (χ0) is 11.0. The molecular formula is C11H15N3O. The average Bonchev–Trinajstić information content (AvgIpc) is 2.76. The van der Waals surface area contributed by atoms with Crippen molar-refractivity contribution >= 4 is 0 Å². The molecule has 0 saturated heterocycles. The van der Waals surface area contributed by atoms with Crippen molar-refractivity contribution in [3.05, 3.63) is 41.1 Å². The van der Waals surface area contributed by atoms with E-state index in [1.54, 1.807) is 6.26 Å². The van der Waals surface area contributed by atoms with Crippen molar-refractivity contribution in [1.82, 2.24) is 9.78 Å². The first-order chi connectivity index (χ1) is 7.11. The molecule has 0 aliphatic heterocycles. The average molecular weight is 205 g/mol. The minimum atomic E-state index is -0.228. The monoisotopic (exact) mass is 205 g/mol. The Bertz CT molecular complexity index is 456. The summed E-state index contributed by atoms with van der Waals surface area (Å²) in [6, 6.07) is 3.50. The van der Waals surface area contributed by atoms with Crippen LogP contribution in [-0.2, 0) is 7.05 Å². The Hall–Kier alpha value is -1.55. The first-order valence-electron chi connectivity index (χ1n) is 4.90. The standard InChI is InChI=1S/C11H15N3O/c1-7-10(8(2)14(3)13-7)11(12)9-5-4-6-15-9/h4-6,11H,12H2,1-3H3. The fourth-order valence-electron chi connectivity index (χ4n) is 1.85. The molecule has 80 valence electrons. The van der Waals surface area contributed by atoms with E-state index in [9.17, 15) is 0 Å². The van der Waals surface area contributed by atoms with Gasteiger partial charge in [0.1, 0.15) is 5.76 Å². The molecule has 1 unspecified atom stereocenters. The van der Waals surface area contributed by atoms with Crippen LogP contribution in [0.15, 0.2) is 22.8 Å². The van der Waals surface area contributed by atoms with E-state index in [0.29, 0.717) is 0 Å². The van der Waals surface area contributed by atoms with Gasteiger partial charge in [0, 0.05) is 18.3 Å². The van der Waals surface area contributed by atoms with Crippen molar-refractivity contribution in [3.8, 4) is 0 Å². The van der Waals surface area contributed by atoms with E-state index in [2.05, 4.69) is 5.10 Å². The van der Waals surface area contributed by atoms with E-state index in [-0.39, 0.29) is 6.04 Å². The van der Waals surface area contributed by atoms with Gasteiger partial charge in [-0.25, -0.2) is 0 Å². The van der Waals surface area contributed by atoms with E-state index in [4.69, 9.17) is 10.2 Å². The van der Waals surface area contributed by atoms with Gasteiger partial charge in [0.05, 0.1) is 18.0 Å². The van der Waals surface area contributed by atoms with E-state index >= 15 is 0 Å². The number of nitrogens with zero attached hydrogens (tertiary/aromatic N) is 2. The van der Waals surface area contributed by atoms with Crippen LogP contribution in [0.25, 0.3) is 0 Å². The highest BCUT2D eigenvalue weighted by atomic mass is 16.3. The predicted molar refractivity (Wildman–Crippen MR) is 57.4 cm³/mol. The van der Waals surface area contributed by atoms with Crippen molar-refractivity contribution in [3.63, 3.8) is 0 Å². The maximum absolute atomic E-state index is 6.13. The topological polar surface area (TPSA) is 57.0 Å². The number of aromatic nitrogens is 2. The Morgan fingerprint density at radius 1 is 1.47 bits per heavy atom. The van der Waals surface area contributed by atoms with Gasteiger partial charge < -0.3 is 10.2 Å². The molecule has 4 heteroatoms. The number of hydrogen-bond acceptors (Lipinski definition) is 3. The fraction of sp³-hybridized carbons (Fsp3) is 0.364. The largest absolute Gasteiger partial charge is 0.467 e. The van der Waals surface area contributed by atoms with Gasteiger partial charge in [0.15, 0.2) is 0 Å². The lowest BCUT2D eigenvalue weighted by atomic mass is 10.0. The third kappa shape index (κ3) is 1.57. The Labute approximate surface area is 88.7 Å². The quantitative estimate of drug-likeness (QED) is 0.811. The summed E-state index contributed by atoms with van der Waals surface area (Å²) in [4.78, 5) is 0. The maximum atomic E-state index is 6.13. The molecular weight excluding hydrogens is 190 g/mol. The second-order valence-electron chi connectivity index (χ2n) is 3.70. The summed E-state index contributed by atoms with van der Waals surface area (Å²) in [5.41, 5.74) is 9.21. The molecule has 0 spiro atoms. The third-order valence-electron chi connectivity index (χ3n) is 2.73. The summed E-state index contributed by atoms with van der Waals surface area (Å²) in [5, 5.41) is 4.34. The zero-order valence-corrected chi connectivity index (χ0v) is 9.19. The van der Waals surface area contributed by atoms with E-state index in [0.717, 1.165) is 22.7 Å². The number of rotatable bonds is 2. The van der Waals surface area contributed by atoms with Gasteiger partial charge in [-0.2, -0.15) is 5.10 Å². The zero-order valence-electron chi connectivity index (χ0n) is 9.19. The first kappa shape index (κ1) is 9.98. The minimum absolute atomic E-state index is 0.228. The van der Waals surface area contributed by atoms with Gasteiger partial charge in [-0.1, -0.05) is 0 Å². The first-order valence-corrected chi connectivity index (χ1v) is 4.90.